The van der Waals surface area contributed by atoms with Gasteiger partial charge in [-0.05, 0) is 18.1 Å². The van der Waals surface area contributed by atoms with Gasteiger partial charge in [-0.2, -0.15) is 8.78 Å². The van der Waals surface area contributed by atoms with Crippen molar-refractivity contribution in [1.82, 2.24) is 9.97 Å². The maximum Gasteiger partial charge on any atom is 0.387 e. The van der Waals surface area contributed by atoms with Gasteiger partial charge in [0, 0.05) is 11.6 Å². The van der Waals surface area contributed by atoms with Crippen LogP contribution in [-0.4, -0.2) is 16.6 Å². The van der Waals surface area contributed by atoms with Gasteiger partial charge in [-0.1, -0.05) is 0 Å². The molecule has 0 bridgehead atoms. The number of terminal acetylenes is 1. The number of ether oxygens (including phenoxy) is 1. The van der Waals surface area contributed by atoms with Gasteiger partial charge in [-0.25, -0.2) is 23.1 Å². The summed E-state index contributed by atoms with van der Waals surface area (Å²) in [7, 11) is 0. The molecule has 0 fully saturated rings. The van der Waals surface area contributed by atoms with Crippen molar-refractivity contribution in [2.75, 3.05) is 0 Å². The van der Waals surface area contributed by atoms with E-state index in [9.17, 15) is 22.0 Å². The van der Waals surface area contributed by atoms with E-state index >= 15 is 0 Å². The summed E-state index contributed by atoms with van der Waals surface area (Å²) >= 11 is 0. The van der Waals surface area contributed by atoms with Crippen LogP contribution in [0.2, 0.25) is 0 Å². The van der Waals surface area contributed by atoms with Crippen LogP contribution in [0, 0.1) is 18.2 Å². The number of hydrogen-bond donors (Lipinski definition) is 0. The third kappa shape index (κ3) is 3.31. The molecule has 8 heteroatoms. The van der Waals surface area contributed by atoms with E-state index in [0.717, 1.165) is 24.4 Å². The van der Waals surface area contributed by atoms with Crippen LogP contribution in [0.4, 0.5) is 22.0 Å². The highest BCUT2D eigenvalue weighted by Gasteiger charge is 2.19. The molecule has 2 aromatic rings. The lowest BCUT2D eigenvalue weighted by Gasteiger charge is -2.11. The highest BCUT2D eigenvalue weighted by molar-refractivity contribution is 5.67. The first kappa shape index (κ1) is 15.7. The number of halogens is 5. The molecule has 0 atom stereocenters. The number of benzene rings is 1. The Kier molecular flexibility index (Phi) is 4.56. The maximum atomic E-state index is 13.1. The first-order valence-electron chi connectivity index (χ1n) is 5.78. The van der Waals surface area contributed by atoms with E-state index in [1.54, 1.807) is 0 Å². The van der Waals surface area contributed by atoms with Crippen molar-refractivity contribution in [2.45, 2.75) is 13.0 Å². The molecule has 22 heavy (non-hydrogen) atoms. The lowest BCUT2D eigenvalue weighted by molar-refractivity contribution is -0.0496. The Bertz CT molecular complexity index is 728. The monoisotopic (exact) mass is 314 g/mol. The van der Waals surface area contributed by atoms with Crippen molar-refractivity contribution >= 4 is 0 Å². The average molecular weight is 314 g/mol. The van der Waals surface area contributed by atoms with Crippen molar-refractivity contribution in [3.05, 3.63) is 41.6 Å². The summed E-state index contributed by atoms with van der Waals surface area (Å²) in [5.41, 5.74) is -1.27. The topological polar surface area (TPSA) is 35.0 Å². The Morgan fingerprint density at radius 1 is 1.18 bits per heavy atom. The van der Waals surface area contributed by atoms with E-state index in [2.05, 4.69) is 14.7 Å². The van der Waals surface area contributed by atoms with Gasteiger partial charge >= 0.3 is 6.61 Å². The molecule has 2 rings (SSSR count). The van der Waals surface area contributed by atoms with Crippen molar-refractivity contribution in [3.8, 4) is 29.4 Å². The largest absolute Gasteiger partial charge is 0.434 e. The predicted octanol–water partition coefficient (Wildman–Crippen LogP) is 3.80. The molecule has 0 saturated carbocycles. The zero-order valence-corrected chi connectivity index (χ0v) is 10.7. The number of aromatic nitrogens is 2. The summed E-state index contributed by atoms with van der Waals surface area (Å²) in [4.78, 5) is 7.23. The summed E-state index contributed by atoms with van der Waals surface area (Å²) in [6.07, 6.45) is 3.07. The Labute approximate surface area is 121 Å². The van der Waals surface area contributed by atoms with Gasteiger partial charge in [0.15, 0.2) is 0 Å². The minimum absolute atomic E-state index is 0.0495. The van der Waals surface area contributed by atoms with Crippen LogP contribution in [0.5, 0.6) is 5.75 Å². The molecule has 0 spiro atoms. The summed E-state index contributed by atoms with van der Waals surface area (Å²) in [5.74, 6) is 0.628. The molecule has 0 radical (unpaired) electrons. The van der Waals surface area contributed by atoms with Gasteiger partial charge in [-0.3, -0.25) is 0 Å². The van der Waals surface area contributed by atoms with Crippen LogP contribution in [0.15, 0.2) is 24.4 Å². The Balaban J connectivity index is 2.55. The number of nitrogens with zero attached hydrogens (tertiary/aromatic N) is 2. The molecule has 1 aromatic carbocycles. The second-order valence-electron chi connectivity index (χ2n) is 3.95. The summed E-state index contributed by atoms with van der Waals surface area (Å²) in [6.45, 7) is -3.19. The fourth-order valence-corrected chi connectivity index (χ4v) is 1.70. The molecule has 3 nitrogen and oxygen atoms in total. The fraction of sp³-hybridized carbons (Fsp3) is 0.143. The summed E-state index contributed by atoms with van der Waals surface area (Å²) in [6, 6.07) is 2.81. The molecule has 0 saturated heterocycles. The molecule has 1 heterocycles. The SMILES string of the molecule is C#Cc1nc(-c2ccc(F)cc2OC(F)F)cnc1C(F)F. The molecule has 0 unspecified atom stereocenters. The minimum atomic E-state index is -3.19. The smallest absolute Gasteiger partial charge is 0.387 e. The predicted molar refractivity (Wildman–Crippen MR) is 67.0 cm³/mol. The van der Waals surface area contributed by atoms with Crippen LogP contribution in [0.1, 0.15) is 17.8 Å². The van der Waals surface area contributed by atoms with Crippen molar-refractivity contribution < 1.29 is 26.7 Å². The molecule has 0 aliphatic heterocycles. The molecular weight excluding hydrogens is 307 g/mol. The Hall–Kier alpha value is -2.69. The van der Waals surface area contributed by atoms with E-state index in [1.165, 1.54) is 0 Å². The van der Waals surface area contributed by atoms with E-state index in [4.69, 9.17) is 6.42 Å². The average Bonchev–Trinajstić information content (AvgIpc) is 2.46. The van der Waals surface area contributed by atoms with Crippen LogP contribution >= 0.6 is 0 Å². The van der Waals surface area contributed by atoms with Crippen LogP contribution < -0.4 is 4.74 Å². The first-order valence-corrected chi connectivity index (χ1v) is 5.78. The van der Waals surface area contributed by atoms with Crippen molar-refractivity contribution in [3.63, 3.8) is 0 Å². The second-order valence-corrected chi connectivity index (χ2v) is 3.95. The van der Waals surface area contributed by atoms with Crippen molar-refractivity contribution in [2.24, 2.45) is 0 Å². The zero-order chi connectivity index (χ0) is 16.3. The molecule has 114 valence electrons. The van der Waals surface area contributed by atoms with Gasteiger partial charge in [0.2, 0.25) is 0 Å². The van der Waals surface area contributed by atoms with Crippen LogP contribution in [0.3, 0.4) is 0 Å². The third-order valence-corrected chi connectivity index (χ3v) is 2.58. The quantitative estimate of drug-likeness (QED) is 0.636. The fourth-order valence-electron chi connectivity index (χ4n) is 1.70. The van der Waals surface area contributed by atoms with Crippen molar-refractivity contribution in [1.29, 1.82) is 0 Å². The number of alkyl halides is 4. The zero-order valence-electron chi connectivity index (χ0n) is 10.7. The standard InChI is InChI=1S/C14H7F5N2O/c1-2-9-12(13(16)17)20-6-10(21-9)8-4-3-7(15)5-11(8)22-14(18)19/h1,3-6,13-14H. The molecule has 0 aliphatic rings. The maximum absolute atomic E-state index is 13.1. The number of hydrogen-bond acceptors (Lipinski definition) is 3. The van der Waals surface area contributed by atoms with Gasteiger partial charge in [0.25, 0.3) is 6.43 Å². The van der Waals surface area contributed by atoms with Gasteiger partial charge in [-0.15, -0.1) is 6.42 Å². The first-order chi connectivity index (χ1) is 10.4. The van der Waals surface area contributed by atoms with E-state index < -0.39 is 36.0 Å². The summed E-state index contributed by atoms with van der Waals surface area (Å²) in [5, 5.41) is 0. The Morgan fingerprint density at radius 2 is 1.91 bits per heavy atom. The highest BCUT2D eigenvalue weighted by Crippen LogP contribution is 2.31. The molecule has 1 aromatic heterocycles. The second kappa shape index (κ2) is 6.39. The lowest BCUT2D eigenvalue weighted by atomic mass is 10.1. The molecule has 0 amide bonds. The lowest BCUT2D eigenvalue weighted by Crippen LogP contribution is -2.05. The van der Waals surface area contributed by atoms with Crippen LogP contribution in [-0.2, 0) is 0 Å². The molecule has 0 N–H and O–H groups in total. The van der Waals surface area contributed by atoms with E-state index in [0.29, 0.717) is 0 Å². The van der Waals surface area contributed by atoms with Crippen LogP contribution in [0.25, 0.3) is 11.3 Å². The minimum Gasteiger partial charge on any atom is -0.434 e. The third-order valence-electron chi connectivity index (χ3n) is 2.58. The Morgan fingerprint density at radius 3 is 2.50 bits per heavy atom. The van der Waals surface area contributed by atoms with Gasteiger partial charge < -0.3 is 4.74 Å². The van der Waals surface area contributed by atoms with E-state index in [-0.39, 0.29) is 11.3 Å². The van der Waals surface area contributed by atoms with E-state index in [1.807, 2.05) is 5.92 Å². The summed E-state index contributed by atoms with van der Waals surface area (Å²) < 4.78 is 67.4. The molecular formula is C14H7F5N2O. The van der Waals surface area contributed by atoms with Gasteiger partial charge in [0.1, 0.15) is 23.0 Å². The number of rotatable bonds is 4. The van der Waals surface area contributed by atoms with Gasteiger partial charge in [0.05, 0.1) is 11.9 Å². The normalized spacial score (nSPS) is 10.8. The highest BCUT2D eigenvalue weighted by atomic mass is 19.3. The molecule has 0 aliphatic carbocycles.